The van der Waals surface area contributed by atoms with E-state index in [0.717, 1.165) is 51.0 Å². The fraction of sp³-hybridized carbons (Fsp3) is 0.611. The number of hydrogen-bond acceptors (Lipinski definition) is 3. The van der Waals surface area contributed by atoms with Gasteiger partial charge >= 0.3 is 0 Å². The number of anilines is 1. The number of likely N-dealkylation sites (tertiary alicyclic amines) is 1. The predicted molar refractivity (Wildman–Crippen MR) is 88.0 cm³/mol. The van der Waals surface area contributed by atoms with Gasteiger partial charge in [0, 0.05) is 30.8 Å². The number of carbonyl (C=O) groups is 1. The van der Waals surface area contributed by atoms with Crippen LogP contribution < -0.4 is 4.90 Å². The third-order valence-electron chi connectivity index (χ3n) is 5.01. The van der Waals surface area contributed by atoms with Crippen LogP contribution in [0.25, 0.3) is 0 Å². The van der Waals surface area contributed by atoms with E-state index < -0.39 is 0 Å². The number of para-hydroxylation sites is 1. The Kier molecular flexibility index (Phi) is 4.50. The number of carbonyl (C=O) groups excluding carboxylic acids is 1. The molecule has 2 aliphatic heterocycles. The Morgan fingerprint density at radius 1 is 1.27 bits per heavy atom. The van der Waals surface area contributed by atoms with Crippen molar-refractivity contribution < 1.29 is 9.90 Å². The summed E-state index contributed by atoms with van der Waals surface area (Å²) in [6, 6.07) is 8.23. The van der Waals surface area contributed by atoms with Crippen LogP contribution in [0, 0.1) is 5.41 Å². The molecule has 1 amide bonds. The second-order valence-electron chi connectivity index (χ2n) is 7.06. The van der Waals surface area contributed by atoms with Gasteiger partial charge in [0.25, 0.3) is 0 Å². The maximum Gasteiger partial charge on any atom is 0.241 e. The average molecular weight is 302 g/mol. The first-order valence-corrected chi connectivity index (χ1v) is 8.33. The summed E-state index contributed by atoms with van der Waals surface area (Å²) in [6.45, 7) is 5.36. The molecule has 120 valence electrons. The first-order chi connectivity index (χ1) is 10.6. The number of aryl methyl sites for hydroxylation is 1. The Labute approximate surface area is 132 Å². The highest BCUT2D eigenvalue weighted by atomic mass is 16.3. The van der Waals surface area contributed by atoms with Crippen molar-refractivity contribution in [3.05, 3.63) is 29.8 Å². The largest absolute Gasteiger partial charge is 0.396 e. The van der Waals surface area contributed by atoms with E-state index in [4.69, 9.17) is 0 Å². The van der Waals surface area contributed by atoms with Crippen molar-refractivity contribution >= 4 is 11.6 Å². The molecule has 0 aromatic heterocycles. The number of amides is 1. The topological polar surface area (TPSA) is 43.8 Å². The highest BCUT2D eigenvalue weighted by Gasteiger charge is 2.32. The molecule has 1 atom stereocenters. The van der Waals surface area contributed by atoms with Crippen molar-refractivity contribution in [1.82, 2.24) is 4.90 Å². The van der Waals surface area contributed by atoms with Gasteiger partial charge in [0.2, 0.25) is 5.91 Å². The quantitative estimate of drug-likeness (QED) is 0.929. The number of rotatable bonds is 3. The van der Waals surface area contributed by atoms with Crippen molar-refractivity contribution in [3.8, 4) is 0 Å². The molecule has 1 saturated heterocycles. The number of fused-ring (bicyclic) bond motifs is 1. The summed E-state index contributed by atoms with van der Waals surface area (Å²) >= 11 is 0. The zero-order chi connectivity index (χ0) is 15.6. The number of piperidine rings is 1. The summed E-state index contributed by atoms with van der Waals surface area (Å²) in [5, 5.41) is 9.56. The van der Waals surface area contributed by atoms with E-state index >= 15 is 0 Å². The van der Waals surface area contributed by atoms with Gasteiger partial charge in [-0.05, 0) is 43.9 Å². The summed E-state index contributed by atoms with van der Waals surface area (Å²) in [4.78, 5) is 16.9. The molecule has 2 aliphatic rings. The van der Waals surface area contributed by atoms with Gasteiger partial charge in [-0.2, -0.15) is 0 Å². The van der Waals surface area contributed by atoms with E-state index in [-0.39, 0.29) is 17.9 Å². The molecule has 1 unspecified atom stereocenters. The van der Waals surface area contributed by atoms with Gasteiger partial charge in [-0.1, -0.05) is 25.1 Å². The maximum atomic E-state index is 12.8. The minimum absolute atomic E-state index is 0.0572. The van der Waals surface area contributed by atoms with Crippen molar-refractivity contribution in [1.29, 1.82) is 0 Å². The van der Waals surface area contributed by atoms with Crippen molar-refractivity contribution in [2.75, 3.05) is 37.7 Å². The lowest BCUT2D eigenvalue weighted by Crippen LogP contribution is -2.49. The normalized spacial score (nSPS) is 25.8. The molecular formula is C18H26N2O2. The molecule has 1 fully saturated rings. The molecule has 1 aromatic carbocycles. The Bertz CT molecular complexity index is 546. The van der Waals surface area contributed by atoms with Crippen LogP contribution >= 0.6 is 0 Å². The van der Waals surface area contributed by atoms with Gasteiger partial charge in [-0.3, -0.25) is 9.69 Å². The molecule has 3 rings (SSSR count). The smallest absolute Gasteiger partial charge is 0.241 e. The number of hydrogen-bond donors (Lipinski definition) is 1. The Balaban J connectivity index is 1.68. The lowest BCUT2D eigenvalue weighted by molar-refractivity contribution is -0.120. The number of aliphatic hydroxyl groups is 1. The highest BCUT2D eigenvalue weighted by molar-refractivity contribution is 5.95. The molecule has 0 aliphatic carbocycles. The molecule has 1 N–H and O–H groups in total. The van der Waals surface area contributed by atoms with Crippen LogP contribution in [0.3, 0.4) is 0 Å². The monoisotopic (exact) mass is 302 g/mol. The second kappa shape index (κ2) is 6.39. The van der Waals surface area contributed by atoms with Crippen molar-refractivity contribution in [2.45, 2.75) is 32.6 Å². The lowest BCUT2D eigenvalue weighted by Gasteiger charge is -2.40. The standard InChI is InChI=1S/C18H26N2O2/c1-18(14-21)9-5-10-19(13-18)12-17(22)20-11-4-7-15-6-2-3-8-16(15)20/h2-3,6,8,21H,4-5,7,9-14H2,1H3. The number of benzene rings is 1. The molecule has 22 heavy (non-hydrogen) atoms. The molecule has 0 radical (unpaired) electrons. The van der Waals surface area contributed by atoms with Crippen LogP contribution in [-0.2, 0) is 11.2 Å². The van der Waals surface area contributed by atoms with Crippen molar-refractivity contribution in [3.63, 3.8) is 0 Å². The zero-order valence-corrected chi connectivity index (χ0v) is 13.4. The lowest BCUT2D eigenvalue weighted by atomic mass is 9.83. The molecule has 0 bridgehead atoms. The number of aliphatic hydroxyl groups excluding tert-OH is 1. The summed E-state index contributed by atoms with van der Waals surface area (Å²) in [5.41, 5.74) is 2.31. The van der Waals surface area contributed by atoms with E-state index in [0.29, 0.717) is 6.54 Å². The van der Waals surface area contributed by atoms with E-state index in [9.17, 15) is 9.90 Å². The number of nitrogens with zero attached hydrogens (tertiary/aromatic N) is 2. The third-order valence-corrected chi connectivity index (χ3v) is 5.01. The molecule has 0 saturated carbocycles. The minimum Gasteiger partial charge on any atom is -0.396 e. The first kappa shape index (κ1) is 15.5. The van der Waals surface area contributed by atoms with Crippen LogP contribution in [0.4, 0.5) is 5.69 Å². The van der Waals surface area contributed by atoms with Crippen LogP contribution in [0.1, 0.15) is 31.7 Å². The maximum absolute atomic E-state index is 12.8. The third kappa shape index (κ3) is 3.18. The predicted octanol–water partition coefficient (Wildman–Crippen LogP) is 2.06. The van der Waals surface area contributed by atoms with E-state index in [1.54, 1.807) is 0 Å². The van der Waals surface area contributed by atoms with Gasteiger partial charge < -0.3 is 10.0 Å². The SMILES string of the molecule is CC1(CO)CCCN(CC(=O)N2CCCc3ccccc32)C1. The molecule has 2 heterocycles. The van der Waals surface area contributed by atoms with Gasteiger partial charge in [-0.25, -0.2) is 0 Å². The Morgan fingerprint density at radius 3 is 2.91 bits per heavy atom. The van der Waals surface area contributed by atoms with Crippen LogP contribution in [0.5, 0.6) is 0 Å². The van der Waals surface area contributed by atoms with Crippen LogP contribution in [-0.4, -0.2) is 48.7 Å². The van der Waals surface area contributed by atoms with Crippen molar-refractivity contribution in [2.24, 2.45) is 5.41 Å². The molecule has 1 aromatic rings. The van der Waals surface area contributed by atoms with Crippen LogP contribution in [0.15, 0.2) is 24.3 Å². The van der Waals surface area contributed by atoms with Crippen LogP contribution in [0.2, 0.25) is 0 Å². The van der Waals surface area contributed by atoms with Gasteiger partial charge in [0.1, 0.15) is 0 Å². The summed E-state index contributed by atoms with van der Waals surface area (Å²) in [6.07, 6.45) is 4.20. The summed E-state index contributed by atoms with van der Waals surface area (Å²) < 4.78 is 0. The fourth-order valence-electron chi connectivity index (χ4n) is 3.76. The Morgan fingerprint density at radius 2 is 2.09 bits per heavy atom. The van der Waals surface area contributed by atoms with E-state index in [1.807, 2.05) is 17.0 Å². The second-order valence-corrected chi connectivity index (χ2v) is 7.06. The van der Waals surface area contributed by atoms with Gasteiger partial charge in [-0.15, -0.1) is 0 Å². The van der Waals surface area contributed by atoms with Gasteiger partial charge in [0.05, 0.1) is 6.54 Å². The van der Waals surface area contributed by atoms with E-state index in [1.165, 1.54) is 5.56 Å². The summed E-state index contributed by atoms with van der Waals surface area (Å²) in [5.74, 6) is 0.189. The molecule has 4 heteroatoms. The molecule has 4 nitrogen and oxygen atoms in total. The first-order valence-electron chi connectivity index (χ1n) is 8.33. The highest BCUT2D eigenvalue weighted by Crippen LogP contribution is 2.30. The molecular weight excluding hydrogens is 276 g/mol. The van der Waals surface area contributed by atoms with E-state index in [2.05, 4.69) is 24.0 Å². The zero-order valence-electron chi connectivity index (χ0n) is 13.4. The molecule has 0 spiro atoms. The fourth-order valence-corrected chi connectivity index (χ4v) is 3.76. The van der Waals surface area contributed by atoms with Gasteiger partial charge in [0.15, 0.2) is 0 Å². The minimum atomic E-state index is -0.0572. The average Bonchev–Trinajstić information content (AvgIpc) is 2.54. The Hall–Kier alpha value is -1.39. The summed E-state index contributed by atoms with van der Waals surface area (Å²) in [7, 11) is 0.